The smallest absolute Gasteiger partial charge is 0.244 e. The second-order valence-electron chi connectivity index (χ2n) is 5.21. The Morgan fingerprint density at radius 1 is 1.45 bits per heavy atom. The highest BCUT2D eigenvalue weighted by Crippen LogP contribution is 2.31. The van der Waals surface area contributed by atoms with E-state index in [4.69, 9.17) is 11.6 Å². The number of hydrogen-bond donors (Lipinski definition) is 1. The van der Waals surface area contributed by atoms with Gasteiger partial charge >= 0.3 is 0 Å². The van der Waals surface area contributed by atoms with Crippen molar-refractivity contribution in [2.45, 2.75) is 31.5 Å². The molecule has 5 heteroatoms. The third-order valence-corrected chi connectivity index (χ3v) is 4.07. The molecule has 1 aliphatic carbocycles. The van der Waals surface area contributed by atoms with E-state index in [0.29, 0.717) is 17.1 Å². The van der Waals surface area contributed by atoms with Gasteiger partial charge in [-0.05, 0) is 25.0 Å². The second-order valence-corrected chi connectivity index (χ2v) is 5.62. The van der Waals surface area contributed by atoms with Crippen molar-refractivity contribution in [1.29, 1.82) is 0 Å². The first kappa shape index (κ1) is 13.6. The van der Waals surface area contributed by atoms with E-state index in [0.717, 1.165) is 12.8 Å². The van der Waals surface area contributed by atoms with E-state index in [2.05, 4.69) is 5.32 Å². The minimum absolute atomic E-state index is 0.000528. The lowest BCUT2D eigenvalue weighted by Crippen LogP contribution is -2.44. The SMILES string of the molecule is O=C([C@@H]1C=CCN1)N(Cc1c(F)cccc1Cl)C1CC1. The van der Waals surface area contributed by atoms with Gasteiger partial charge in [0, 0.05) is 23.2 Å². The van der Waals surface area contributed by atoms with Gasteiger partial charge in [0.05, 0.1) is 6.54 Å². The quantitative estimate of drug-likeness (QED) is 0.866. The number of nitrogens with one attached hydrogen (secondary N) is 1. The number of carbonyl (C=O) groups is 1. The van der Waals surface area contributed by atoms with E-state index >= 15 is 0 Å². The summed E-state index contributed by atoms with van der Waals surface area (Å²) in [6.07, 6.45) is 5.76. The molecule has 2 aliphatic rings. The molecule has 0 saturated heterocycles. The molecule has 0 aromatic heterocycles. The minimum atomic E-state index is -0.356. The molecule has 106 valence electrons. The van der Waals surface area contributed by atoms with Gasteiger partial charge in [-0.15, -0.1) is 0 Å². The Labute approximate surface area is 122 Å². The van der Waals surface area contributed by atoms with Gasteiger partial charge in [0.25, 0.3) is 0 Å². The summed E-state index contributed by atoms with van der Waals surface area (Å²) in [6.45, 7) is 0.941. The summed E-state index contributed by atoms with van der Waals surface area (Å²) < 4.78 is 13.9. The standard InChI is InChI=1S/C15H16ClFN2O/c16-12-3-1-4-13(17)11(12)9-19(10-6-7-10)15(20)14-5-2-8-18-14/h1-5,10,14,18H,6-9H2/t14-/m0/s1. The van der Waals surface area contributed by atoms with Gasteiger partial charge in [-0.1, -0.05) is 29.8 Å². The maximum Gasteiger partial charge on any atom is 0.244 e. The van der Waals surface area contributed by atoms with E-state index in [1.54, 1.807) is 17.0 Å². The number of nitrogens with zero attached hydrogens (tertiary/aromatic N) is 1. The molecule has 3 nitrogen and oxygen atoms in total. The minimum Gasteiger partial charge on any atom is -0.334 e. The fraction of sp³-hybridized carbons (Fsp3) is 0.400. The predicted molar refractivity (Wildman–Crippen MR) is 75.9 cm³/mol. The molecule has 3 rings (SSSR count). The Morgan fingerprint density at radius 2 is 2.25 bits per heavy atom. The monoisotopic (exact) mass is 294 g/mol. The van der Waals surface area contributed by atoms with Crippen molar-refractivity contribution in [2.75, 3.05) is 6.54 Å². The molecule has 1 atom stereocenters. The van der Waals surface area contributed by atoms with Gasteiger partial charge < -0.3 is 4.90 Å². The summed E-state index contributed by atoms with van der Waals surface area (Å²) in [4.78, 5) is 14.2. The van der Waals surface area contributed by atoms with E-state index < -0.39 is 0 Å². The van der Waals surface area contributed by atoms with Crippen molar-refractivity contribution in [1.82, 2.24) is 10.2 Å². The third kappa shape index (κ3) is 2.72. The van der Waals surface area contributed by atoms with Crippen molar-refractivity contribution in [2.24, 2.45) is 0 Å². The lowest BCUT2D eigenvalue weighted by molar-refractivity contribution is -0.133. The van der Waals surface area contributed by atoms with Crippen LogP contribution < -0.4 is 5.32 Å². The number of halogens is 2. The largest absolute Gasteiger partial charge is 0.334 e. The Kier molecular flexibility index (Phi) is 3.76. The molecule has 0 spiro atoms. The van der Waals surface area contributed by atoms with Crippen LogP contribution in [0.25, 0.3) is 0 Å². The average molecular weight is 295 g/mol. The molecule has 1 aromatic carbocycles. The fourth-order valence-corrected chi connectivity index (χ4v) is 2.67. The van der Waals surface area contributed by atoms with Gasteiger partial charge in [0.15, 0.2) is 0 Å². The Morgan fingerprint density at radius 3 is 2.85 bits per heavy atom. The van der Waals surface area contributed by atoms with Crippen LogP contribution in [0, 0.1) is 5.82 Å². The fourth-order valence-electron chi connectivity index (χ4n) is 2.44. The zero-order valence-corrected chi connectivity index (χ0v) is 11.7. The van der Waals surface area contributed by atoms with E-state index in [-0.39, 0.29) is 30.4 Å². The summed E-state index contributed by atoms with van der Waals surface area (Å²) in [5.41, 5.74) is 0.399. The first-order chi connectivity index (χ1) is 9.66. The lowest BCUT2D eigenvalue weighted by atomic mass is 10.1. The van der Waals surface area contributed by atoms with Crippen molar-refractivity contribution in [3.63, 3.8) is 0 Å². The van der Waals surface area contributed by atoms with Crippen LogP contribution in [-0.4, -0.2) is 29.4 Å². The van der Waals surface area contributed by atoms with E-state index in [1.165, 1.54) is 6.07 Å². The molecule has 1 fully saturated rings. The van der Waals surface area contributed by atoms with Gasteiger partial charge in [-0.25, -0.2) is 4.39 Å². The predicted octanol–water partition coefficient (Wildman–Crippen LogP) is 2.50. The van der Waals surface area contributed by atoms with Crippen molar-refractivity contribution >= 4 is 17.5 Å². The molecule has 1 N–H and O–H groups in total. The van der Waals surface area contributed by atoms with Crippen LogP contribution in [0.2, 0.25) is 5.02 Å². The highest BCUT2D eigenvalue weighted by atomic mass is 35.5. The topological polar surface area (TPSA) is 32.3 Å². The van der Waals surface area contributed by atoms with Crippen molar-refractivity contribution < 1.29 is 9.18 Å². The van der Waals surface area contributed by atoms with Crippen LogP contribution in [0.1, 0.15) is 18.4 Å². The molecule has 1 amide bonds. The first-order valence-electron chi connectivity index (χ1n) is 6.80. The zero-order valence-electron chi connectivity index (χ0n) is 11.0. The molecule has 0 unspecified atom stereocenters. The first-order valence-corrected chi connectivity index (χ1v) is 7.18. The van der Waals surface area contributed by atoms with Gasteiger partial charge in [-0.2, -0.15) is 0 Å². The van der Waals surface area contributed by atoms with Crippen LogP contribution in [0.5, 0.6) is 0 Å². The number of amides is 1. The molecule has 1 saturated carbocycles. The number of rotatable bonds is 4. The van der Waals surface area contributed by atoms with Crippen LogP contribution in [0.4, 0.5) is 4.39 Å². The average Bonchev–Trinajstić information content (AvgIpc) is 3.11. The summed E-state index contributed by atoms with van der Waals surface area (Å²) in [5, 5.41) is 3.48. The van der Waals surface area contributed by atoms with Crippen LogP contribution in [0.15, 0.2) is 30.4 Å². The van der Waals surface area contributed by atoms with Crippen LogP contribution >= 0.6 is 11.6 Å². The second kappa shape index (κ2) is 5.54. The molecule has 1 aromatic rings. The number of hydrogen-bond acceptors (Lipinski definition) is 2. The van der Waals surface area contributed by atoms with Gasteiger partial charge in [-0.3, -0.25) is 10.1 Å². The van der Waals surface area contributed by atoms with Crippen molar-refractivity contribution in [3.05, 3.63) is 46.8 Å². The van der Waals surface area contributed by atoms with E-state index in [1.807, 2.05) is 12.2 Å². The number of carbonyl (C=O) groups excluding carboxylic acids is 1. The maximum absolute atomic E-state index is 13.9. The lowest BCUT2D eigenvalue weighted by Gasteiger charge is -2.26. The zero-order chi connectivity index (χ0) is 14.1. The van der Waals surface area contributed by atoms with Crippen molar-refractivity contribution in [3.8, 4) is 0 Å². The highest BCUT2D eigenvalue weighted by molar-refractivity contribution is 6.31. The normalized spacial score (nSPS) is 21.2. The molecular formula is C15H16ClFN2O. The third-order valence-electron chi connectivity index (χ3n) is 3.71. The van der Waals surface area contributed by atoms with Gasteiger partial charge in [0.1, 0.15) is 11.9 Å². The number of benzene rings is 1. The van der Waals surface area contributed by atoms with Crippen LogP contribution in [0.3, 0.4) is 0 Å². The summed E-state index contributed by atoms with van der Waals surface area (Å²) in [7, 11) is 0. The Bertz CT molecular complexity index is 537. The molecular weight excluding hydrogens is 279 g/mol. The molecule has 1 heterocycles. The molecule has 20 heavy (non-hydrogen) atoms. The van der Waals surface area contributed by atoms with E-state index in [9.17, 15) is 9.18 Å². The summed E-state index contributed by atoms with van der Waals surface area (Å²) >= 11 is 6.06. The highest BCUT2D eigenvalue weighted by Gasteiger charge is 2.36. The van der Waals surface area contributed by atoms with Gasteiger partial charge in [0.2, 0.25) is 5.91 Å². The summed E-state index contributed by atoms with van der Waals surface area (Å²) in [6, 6.07) is 4.54. The Hall–Kier alpha value is -1.39. The molecule has 1 aliphatic heterocycles. The molecule has 0 bridgehead atoms. The molecule has 0 radical (unpaired) electrons. The summed E-state index contributed by atoms with van der Waals surface area (Å²) in [5.74, 6) is -0.355. The van der Waals surface area contributed by atoms with Crippen LogP contribution in [-0.2, 0) is 11.3 Å². The maximum atomic E-state index is 13.9. The Balaban J connectivity index is 1.81.